The van der Waals surface area contributed by atoms with Gasteiger partial charge in [-0.15, -0.1) is 0 Å². The molecule has 104 valence electrons. The summed E-state index contributed by atoms with van der Waals surface area (Å²) in [4.78, 5) is 0. The molecule has 0 aliphatic heterocycles. The van der Waals surface area contributed by atoms with Crippen LogP contribution >= 0.6 is 0 Å². The molecule has 0 aromatic heterocycles. The van der Waals surface area contributed by atoms with Gasteiger partial charge in [0, 0.05) is 5.92 Å². The quantitative estimate of drug-likeness (QED) is 0.507. The van der Waals surface area contributed by atoms with Crippen LogP contribution in [0.5, 0.6) is 0 Å². The summed E-state index contributed by atoms with van der Waals surface area (Å²) in [5.74, 6) is 0.873. The van der Waals surface area contributed by atoms with Crippen LogP contribution in [0.15, 0.2) is 0 Å². The molecular formula is C16H36N+. The Morgan fingerprint density at radius 1 is 0.706 bits per heavy atom. The summed E-state index contributed by atoms with van der Waals surface area (Å²) in [6.45, 7) is 20.6. The lowest BCUT2D eigenvalue weighted by Crippen LogP contribution is -2.67. The van der Waals surface area contributed by atoms with E-state index in [1.165, 1.54) is 49.8 Å². The molecule has 0 fully saturated rings. The van der Waals surface area contributed by atoms with Crippen molar-refractivity contribution in [3.63, 3.8) is 0 Å². The van der Waals surface area contributed by atoms with Gasteiger partial charge in [0.25, 0.3) is 0 Å². The van der Waals surface area contributed by atoms with Crippen LogP contribution in [0.25, 0.3) is 0 Å². The maximum atomic E-state index is 2.41. The van der Waals surface area contributed by atoms with Gasteiger partial charge >= 0.3 is 0 Å². The van der Waals surface area contributed by atoms with Gasteiger partial charge in [0.1, 0.15) is 5.54 Å². The van der Waals surface area contributed by atoms with Crippen LogP contribution in [0.3, 0.4) is 0 Å². The van der Waals surface area contributed by atoms with Crippen molar-refractivity contribution >= 4 is 0 Å². The third kappa shape index (κ3) is 2.70. The van der Waals surface area contributed by atoms with E-state index in [9.17, 15) is 0 Å². The topological polar surface area (TPSA) is 0 Å². The molecule has 0 aromatic carbocycles. The minimum Gasteiger partial charge on any atom is -0.319 e. The summed E-state index contributed by atoms with van der Waals surface area (Å²) in [6.07, 6.45) is 5.31. The number of hydrogen-bond donors (Lipinski definition) is 0. The zero-order chi connectivity index (χ0) is 13.5. The maximum absolute atomic E-state index is 2.41. The van der Waals surface area contributed by atoms with E-state index in [0.717, 1.165) is 5.92 Å². The summed E-state index contributed by atoms with van der Waals surface area (Å²) >= 11 is 0. The minimum absolute atomic E-state index is 0.502. The van der Waals surface area contributed by atoms with Crippen LogP contribution in [0.1, 0.15) is 74.1 Å². The highest BCUT2D eigenvalue weighted by atomic mass is 15.4. The van der Waals surface area contributed by atoms with Crippen LogP contribution in [0.2, 0.25) is 0 Å². The molecule has 0 unspecified atom stereocenters. The van der Waals surface area contributed by atoms with Crippen molar-refractivity contribution in [2.24, 2.45) is 5.92 Å². The number of quaternary nitrogens is 1. The molecule has 0 aliphatic rings. The summed E-state index contributed by atoms with van der Waals surface area (Å²) in [6, 6.07) is 0. The third-order valence-electron chi connectivity index (χ3n) is 5.73. The molecule has 0 spiro atoms. The molecule has 1 nitrogen and oxygen atoms in total. The van der Waals surface area contributed by atoms with Gasteiger partial charge in [0.2, 0.25) is 0 Å². The predicted molar refractivity (Wildman–Crippen MR) is 79.3 cm³/mol. The van der Waals surface area contributed by atoms with Crippen molar-refractivity contribution in [2.75, 3.05) is 19.6 Å². The third-order valence-corrected chi connectivity index (χ3v) is 5.73. The van der Waals surface area contributed by atoms with Crippen LogP contribution < -0.4 is 0 Å². The van der Waals surface area contributed by atoms with Gasteiger partial charge in [0.15, 0.2) is 0 Å². The van der Waals surface area contributed by atoms with E-state index < -0.39 is 0 Å². The number of rotatable bonds is 9. The Morgan fingerprint density at radius 2 is 1.06 bits per heavy atom. The smallest absolute Gasteiger partial charge is 0.101 e. The van der Waals surface area contributed by atoms with E-state index in [1.807, 2.05) is 0 Å². The first kappa shape index (κ1) is 17.0. The first-order chi connectivity index (χ1) is 8.07. The van der Waals surface area contributed by atoms with Crippen LogP contribution in [0.4, 0.5) is 0 Å². The second-order valence-corrected chi connectivity index (χ2v) is 5.42. The largest absolute Gasteiger partial charge is 0.319 e. The highest BCUT2D eigenvalue weighted by Gasteiger charge is 2.49. The highest BCUT2D eigenvalue weighted by molar-refractivity contribution is 4.86. The van der Waals surface area contributed by atoms with E-state index in [1.54, 1.807) is 0 Å². The van der Waals surface area contributed by atoms with Crippen molar-refractivity contribution in [1.82, 2.24) is 0 Å². The lowest BCUT2D eigenvalue weighted by molar-refractivity contribution is -0.977. The summed E-state index contributed by atoms with van der Waals surface area (Å²) in [5.41, 5.74) is 0.502. The van der Waals surface area contributed by atoms with E-state index in [-0.39, 0.29) is 0 Å². The van der Waals surface area contributed by atoms with Gasteiger partial charge in [-0.3, -0.25) is 0 Å². The van der Waals surface area contributed by atoms with Gasteiger partial charge in [0.05, 0.1) is 19.6 Å². The molecule has 0 aliphatic carbocycles. The predicted octanol–water partition coefficient (Wildman–Crippen LogP) is 4.86. The normalized spacial score (nSPS) is 13.4. The average molecular weight is 242 g/mol. The Morgan fingerprint density at radius 3 is 1.24 bits per heavy atom. The van der Waals surface area contributed by atoms with Gasteiger partial charge in [-0.1, -0.05) is 27.7 Å². The van der Waals surface area contributed by atoms with Gasteiger partial charge in [-0.05, 0) is 46.5 Å². The lowest BCUT2D eigenvalue weighted by Gasteiger charge is -2.56. The van der Waals surface area contributed by atoms with Gasteiger partial charge in [-0.2, -0.15) is 0 Å². The molecule has 0 amide bonds. The van der Waals surface area contributed by atoms with Crippen molar-refractivity contribution in [3.05, 3.63) is 0 Å². The Balaban J connectivity index is 5.56. The van der Waals surface area contributed by atoms with Crippen molar-refractivity contribution in [3.8, 4) is 0 Å². The second-order valence-electron chi connectivity index (χ2n) is 5.42. The molecule has 0 saturated carbocycles. The highest BCUT2D eigenvalue weighted by Crippen LogP contribution is 2.41. The fraction of sp³-hybridized carbons (Fsp3) is 1.00. The standard InChI is InChI=1S/C16H36N/c1-8-15(9-2)16(10-3,11-4)17(12-5,13-6)14-7/h15H,8-14H2,1-7H3/q+1. The molecular weight excluding hydrogens is 206 g/mol. The zero-order valence-electron chi connectivity index (χ0n) is 13.5. The Hall–Kier alpha value is -0.0400. The number of nitrogens with zero attached hydrogens (tertiary/aromatic N) is 1. The summed E-state index contributed by atoms with van der Waals surface area (Å²) in [7, 11) is 0. The van der Waals surface area contributed by atoms with Crippen LogP contribution in [0, 0.1) is 5.92 Å². The molecule has 0 aromatic rings. The first-order valence-corrected chi connectivity index (χ1v) is 7.93. The Labute approximate surface area is 110 Å². The number of hydrogen-bond acceptors (Lipinski definition) is 0. The average Bonchev–Trinajstić information content (AvgIpc) is 2.40. The Bertz CT molecular complexity index is 177. The van der Waals surface area contributed by atoms with Gasteiger partial charge in [-0.25, -0.2) is 0 Å². The van der Waals surface area contributed by atoms with E-state index in [4.69, 9.17) is 0 Å². The second kappa shape index (κ2) is 7.41. The van der Waals surface area contributed by atoms with E-state index in [0.29, 0.717) is 5.54 Å². The van der Waals surface area contributed by atoms with Crippen LogP contribution in [-0.4, -0.2) is 29.7 Å². The fourth-order valence-electron chi connectivity index (χ4n) is 4.55. The van der Waals surface area contributed by atoms with Crippen LogP contribution in [-0.2, 0) is 0 Å². The molecule has 0 atom stereocenters. The summed E-state index contributed by atoms with van der Waals surface area (Å²) < 4.78 is 1.31. The van der Waals surface area contributed by atoms with E-state index >= 15 is 0 Å². The van der Waals surface area contributed by atoms with Crippen molar-refractivity contribution < 1.29 is 4.48 Å². The zero-order valence-corrected chi connectivity index (χ0v) is 13.5. The molecule has 1 heteroatoms. The summed E-state index contributed by atoms with van der Waals surface area (Å²) in [5, 5.41) is 0. The fourth-order valence-corrected chi connectivity index (χ4v) is 4.55. The lowest BCUT2D eigenvalue weighted by atomic mass is 9.73. The molecule has 0 N–H and O–H groups in total. The molecule has 0 heterocycles. The first-order valence-electron chi connectivity index (χ1n) is 7.93. The van der Waals surface area contributed by atoms with E-state index in [2.05, 4.69) is 48.5 Å². The SMILES string of the molecule is CCC(CC)C(CC)(CC)[N+](CC)(CC)CC. The molecule has 0 bridgehead atoms. The van der Waals surface area contributed by atoms with Gasteiger partial charge < -0.3 is 4.48 Å². The van der Waals surface area contributed by atoms with Crippen molar-refractivity contribution in [1.29, 1.82) is 0 Å². The Kier molecular flexibility index (Phi) is 7.39. The van der Waals surface area contributed by atoms with Crippen molar-refractivity contribution in [2.45, 2.75) is 79.7 Å². The monoisotopic (exact) mass is 242 g/mol. The molecule has 0 radical (unpaired) electrons. The molecule has 0 saturated heterocycles. The molecule has 0 rings (SSSR count). The maximum Gasteiger partial charge on any atom is 0.101 e. The minimum atomic E-state index is 0.502. The molecule has 17 heavy (non-hydrogen) atoms.